The van der Waals surface area contributed by atoms with Crippen LogP contribution in [0, 0.1) is 27.7 Å². The van der Waals surface area contributed by atoms with E-state index in [4.69, 9.17) is 8.83 Å². The quantitative estimate of drug-likeness (QED) is 0.445. The van der Waals surface area contributed by atoms with Crippen LogP contribution in [0.3, 0.4) is 0 Å². The third-order valence-corrected chi connectivity index (χ3v) is 6.74. The highest BCUT2D eigenvalue weighted by Gasteiger charge is 2.25. The van der Waals surface area contributed by atoms with Gasteiger partial charge in [-0.05, 0) is 51.0 Å². The lowest BCUT2D eigenvalue weighted by molar-refractivity contribution is -0.130. The van der Waals surface area contributed by atoms with Crippen molar-refractivity contribution in [1.82, 2.24) is 14.9 Å². The summed E-state index contributed by atoms with van der Waals surface area (Å²) in [6.07, 6.45) is 3.44. The summed E-state index contributed by atoms with van der Waals surface area (Å²) < 4.78 is 11.6. The van der Waals surface area contributed by atoms with Crippen molar-refractivity contribution >= 4 is 33.8 Å². The van der Waals surface area contributed by atoms with E-state index in [1.54, 1.807) is 23.4 Å². The predicted octanol–water partition coefficient (Wildman–Crippen LogP) is 3.45. The SMILES string of the molecule is Cc1oc2c(C)c3oc(=O)c(CC(=O)N4CCN(c5ncccn5)CC4)c(C)c3cc2c1C. The summed E-state index contributed by atoms with van der Waals surface area (Å²) in [5, 5.41) is 1.85. The van der Waals surface area contributed by atoms with Gasteiger partial charge in [0.05, 0.1) is 12.0 Å². The van der Waals surface area contributed by atoms with Crippen LogP contribution in [0.2, 0.25) is 0 Å². The van der Waals surface area contributed by atoms with E-state index >= 15 is 0 Å². The third kappa shape index (κ3) is 3.55. The molecule has 0 radical (unpaired) electrons. The molecule has 8 nitrogen and oxygen atoms in total. The number of amides is 1. The molecule has 1 aromatic carbocycles. The van der Waals surface area contributed by atoms with Crippen molar-refractivity contribution in [2.24, 2.45) is 0 Å². The van der Waals surface area contributed by atoms with E-state index in [1.807, 2.05) is 33.8 Å². The molecule has 0 saturated carbocycles. The minimum absolute atomic E-state index is 0.0203. The van der Waals surface area contributed by atoms with Gasteiger partial charge in [-0.3, -0.25) is 4.79 Å². The van der Waals surface area contributed by atoms with Gasteiger partial charge in [0.15, 0.2) is 0 Å². The number of carbonyl (C=O) groups is 1. The fourth-order valence-corrected chi connectivity index (χ4v) is 4.57. The Morgan fingerprint density at radius 3 is 2.24 bits per heavy atom. The van der Waals surface area contributed by atoms with Crippen molar-refractivity contribution in [3.63, 3.8) is 0 Å². The van der Waals surface area contributed by atoms with Crippen LogP contribution in [0.1, 0.15) is 28.0 Å². The lowest BCUT2D eigenvalue weighted by Crippen LogP contribution is -2.49. The van der Waals surface area contributed by atoms with Crippen LogP contribution in [0.5, 0.6) is 0 Å². The molecule has 170 valence electrons. The maximum Gasteiger partial charge on any atom is 0.340 e. The average Bonchev–Trinajstić information content (AvgIpc) is 3.12. The molecule has 0 atom stereocenters. The number of rotatable bonds is 3. The fraction of sp³-hybridized carbons (Fsp3) is 0.360. The van der Waals surface area contributed by atoms with Gasteiger partial charge in [0, 0.05) is 54.9 Å². The minimum atomic E-state index is -0.466. The first kappa shape index (κ1) is 21.2. The molecule has 33 heavy (non-hydrogen) atoms. The number of benzene rings is 1. The zero-order valence-electron chi connectivity index (χ0n) is 19.3. The zero-order chi connectivity index (χ0) is 23.3. The Kier molecular flexibility index (Phi) is 5.15. The van der Waals surface area contributed by atoms with Crippen LogP contribution in [-0.4, -0.2) is 47.0 Å². The highest BCUT2D eigenvalue weighted by atomic mass is 16.4. The van der Waals surface area contributed by atoms with E-state index in [-0.39, 0.29) is 12.3 Å². The highest BCUT2D eigenvalue weighted by Crippen LogP contribution is 2.34. The van der Waals surface area contributed by atoms with Gasteiger partial charge in [-0.1, -0.05) is 0 Å². The molecular formula is C25H26N4O4. The molecule has 3 aromatic heterocycles. The second kappa shape index (κ2) is 8.03. The number of anilines is 1. The number of hydrogen-bond acceptors (Lipinski definition) is 7. The van der Waals surface area contributed by atoms with Gasteiger partial charge < -0.3 is 18.6 Å². The average molecular weight is 447 g/mol. The van der Waals surface area contributed by atoms with E-state index in [0.717, 1.165) is 38.8 Å². The monoisotopic (exact) mass is 446 g/mol. The van der Waals surface area contributed by atoms with Crippen LogP contribution in [0.25, 0.3) is 21.9 Å². The minimum Gasteiger partial charge on any atom is -0.461 e. The van der Waals surface area contributed by atoms with E-state index in [0.29, 0.717) is 43.3 Å². The molecule has 0 spiro atoms. The van der Waals surface area contributed by atoms with Crippen molar-refractivity contribution in [1.29, 1.82) is 0 Å². The second-order valence-corrected chi connectivity index (χ2v) is 8.62. The first-order valence-corrected chi connectivity index (χ1v) is 11.1. The number of nitrogens with zero attached hydrogens (tertiary/aromatic N) is 4. The van der Waals surface area contributed by atoms with Crippen molar-refractivity contribution < 1.29 is 13.6 Å². The van der Waals surface area contributed by atoms with E-state index < -0.39 is 5.63 Å². The maximum atomic E-state index is 13.1. The fourth-order valence-electron chi connectivity index (χ4n) is 4.57. The van der Waals surface area contributed by atoms with Crippen LogP contribution in [-0.2, 0) is 11.2 Å². The molecule has 4 heterocycles. The van der Waals surface area contributed by atoms with E-state index in [9.17, 15) is 9.59 Å². The number of piperazine rings is 1. The molecule has 4 aromatic rings. The first-order chi connectivity index (χ1) is 15.8. The standard InChI is InChI=1S/C25H26N4O4/c1-14-17(4)32-22-16(3)23-19(12-18(14)22)15(2)20(24(31)33-23)13-21(30)28-8-10-29(11-9-28)25-26-6-5-7-27-25/h5-7,12H,8-11,13H2,1-4H3. The second-order valence-electron chi connectivity index (χ2n) is 8.62. The molecule has 5 rings (SSSR count). The number of furan rings is 1. The summed E-state index contributed by atoms with van der Waals surface area (Å²) in [4.78, 5) is 38.4. The van der Waals surface area contributed by atoms with Gasteiger partial charge in [0.2, 0.25) is 11.9 Å². The van der Waals surface area contributed by atoms with Gasteiger partial charge >= 0.3 is 5.63 Å². The summed E-state index contributed by atoms with van der Waals surface area (Å²) in [7, 11) is 0. The zero-order valence-corrected chi connectivity index (χ0v) is 19.3. The number of fused-ring (bicyclic) bond motifs is 2. The Bertz CT molecular complexity index is 1430. The van der Waals surface area contributed by atoms with E-state index in [1.165, 1.54) is 0 Å². The molecule has 1 aliphatic rings. The van der Waals surface area contributed by atoms with Crippen LogP contribution < -0.4 is 10.5 Å². The number of hydrogen-bond donors (Lipinski definition) is 0. The molecule has 1 fully saturated rings. The largest absolute Gasteiger partial charge is 0.461 e. The number of aromatic nitrogens is 2. The molecule has 8 heteroatoms. The Morgan fingerprint density at radius 1 is 0.909 bits per heavy atom. The maximum absolute atomic E-state index is 13.1. The molecule has 0 N–H and O–H groups in total. The normalized spacial score (nSPS) is 14.4. The summed E-state index contributed by atoms with van der Waals surface area (Å²) in [5.41, 5.74) is 3.87. The summed E-state index contributed by atoms with van der Waals surface area (Å²) in [6, 6.07) is 3.79. The first-order valence-electron chi connectivity index (χ1n) is 11.1. The van der Waals surface area contributed by atoms with Crippen molar-refractivity contribution in [3.05, 3.63) is 63.0 Å². The summed E-state index contributed by atoms with van der Waals surface area (Å²) in [5.74, 6) is 1.44. The number of carbonyl (C=O) groups excluding carboxylic acids is 1. The van der Waals surface area contributed by atoms with Crippen LogP contribution in [0.15, 0.2) is 38.2 Å². The van der Waals surface area contributed by atoms with Gasteiger partial charge in [0.1, 0.15) is 16.9 Å². The van der Waals surface area contributed by atoms with Crippen molar-refractivity contribution in [3.8, 4) is 0 Å². The Hall–Kier alpha value is -3.68. The molecule has 0 aliphatic carbocycles. The Balaban J connectivity index is 1.42. The molecule has 1 amide bonds. The number of aryl methyl sites for hydroxylation is 4. The molecule has 1 aliphatic heterocycles. The molecular weight excluding hydrogens is 420 g/mol. The van der Waals surface area contributed by atoms with Gasteiger partial charge in [-0.15, -0.1) is 0 Å². The summed E-state index contributed by atoms with van der Waals surface area (Å²) >= 11 is 0. The van der Waals surface area contributed by atoms with Crippen molar-refractivity contribution in [2.75, 3.05) is 31.1 Å². The van der Waals surface area contributed by atoms with Gasteiger partial charge in [-0.25, -0.2) is 14.8 Å². The summed E-state index contributed by atoms with van der Waals surface area (Å²) in [6.45, 7) is 10.2. The topological polar surface area (TPSA) is 92.7 Å². The molecule has 1 saturated heterocycles. The highest BCUT2D eigenvalue weighted by molar-refractivity contribution is 6.00. The molecule has 0 unspecified atom stereocenters. The van der Waals surface area contributed by atoms with Gasteiger partial charge in [0.25, 0.3) is 0 Å². The smallest absolute Gasteiger partial charge is 0.340 e. The third-order valence-electron chi connectivity index (χ3n) is 6.74. The van der Waals surface area contributed by atoms with Crippen LogP contribution in [0.4, 0.5) is 5.95 Å². The van der Waals surface area contributed by atoms with Gasteiger partial charge in [-0.2, -0.15) is 0 Å². The van der Waals surface area contributed by atoms with Crippen LogP contribution >= 0.6 is 0 Å². The van der Waals surface area contributed by atoms with E-state index in [2.05, 4.69) is 14.9 Å². The van der Waals surface area contributed by atoms with Crippen molar-refractivity contribution in [2.45, 2.75) is 34.1 Å². The lowest BCUT2D eigenvalue weighted by Gasteiger charge is -2.34. The Morgan fingerprint density at radius 2 is 1.55 bits per heavy atom. The molecule has 0 bridgehead atoms. The predicted molar refractivity (Wildman–Crippen MR) is 126 cm³/mol. The Labute approximate surface area is 190 Å². The lowest BCUT2D eigenvalue weighted by atomic mass is 9.98.